The second-order valence-corrected chi connectivity index (χ2v) is 9.22. The Kier molecular flexibility index (Phi) is 4.50. The molecule has 0 radical (unpaired) electrons. The van der Waals surface area contributed by atoms with Gasteiger partial charge in [-0.2, -0.15) is 5.10 Å². The van der Waals surface area contributed by atoms with Gasteiger partial charge < -0.3 is 15.2 Å². The summed E-state index contributed by atoms with van der Waals surface area (Å²) in [6.45, 7) is 4.59. The highest BCUT2D eigenvalue weighted by molar-refractivity contribution is 5.73. The molecule has 7 heteroatoms. The van der Waals surface area contributed by atoms with Crippen molar-refractivity contribution in [3.05, 3.63) is 42.7 Å². The lowest BCUT2D eigenvalue weighted by atomic mass is 9.70. The Hall–Kier alpha value is -2.93. The fourth-order valence-electron chi connectivity index (χ4n) is 5.22. The number of aromatic hydroxyl groups is 1. The first-order valence-corrected chi connectivity index (χ1v) is 10.5. The predicted molar refractivity (Wildman–Crippen MR) is 114 cm³/mol. The first kappa shape index (κ1) is 19.1. The summed E-state index contributed by atoms with van der Waals surface area (Å²) in [6.07, 6.45) is 9.22. The molecule has 3 N–H and O–H groups in total. The molecule has 3 atom stereocenters. The Morgan fingerprint density at radius 2 is 1.83 bits per heavy atom. The van der Waals surface area contributed by atoms with Crippen LogP contribution in [-0.2, 0) is 0 Å². The number of nitrogens with one attached hydrogen (secondary N) is 2. The van der Waals surface area contributed by atoms with E-state index in [-0.39, 0.29) is 22.9 Å². The van der Waals surface area contributed by atoms with E-state index in [4.69, 9.17) is 4.74 Å². The third kappa shape index (κ3) is 3.65. The molecule has 5 rings (SSSR count). The molecule has 2 aliphatic rings. The van der Waals surface area contributed by atoms with Gasteiger partial charge in [-0.3, -0.25) is 5.10 Å². The second kappa shape index (κ2) is 7.09. The summed E-state index contributed by atoms with van der Waals surface area (Å²) in [7, 11) is 0. The van der Waals surface area contributed by atoms with Crippen molar-refractivity contribution in [2.75, 3.05) is 0 Å². The molecule has 156 valence electrons. The van der Waals surface area contributed by atoms with Crippen molar-refractivity contribution < 1.29 is 9.84 Å². The number of aromatic nitrogens is 4. The van der Waals surface area contributed by atoms with E-state index >= 15 is 0 Å². The van der Waals surface area contributed by atoms with Crippen LogP contribution in [0.2, 0.25) is 0 Å². The lowest BCUT2D eigenvalue weighted by Crippen LogP contribution is -2.65. The summed E-state index contributed by atoms with van der Waals surface area (Å²) >= 11 is 0. The summed E-state index contributed by atoms with van der Waals surface area (Å²) in [6, 6.07) is 9.18. The maximum atomic E-state index is 10.5. The van der Waals surface area contributed by atoms with Crippen LogP contribution >= 0.6 is 0 Å². The second-order valence-electron chi connectivity index (χ2n) is 9.22. The van der Waals surface area contributed by atoms with E-state index in [2.05, 4.69) is 39.6 Å². The van der Waals surface area contributed by atoms with Crippen LogP contribution in [-0.4, -0.2) is 42.7 Å². The summed E-state index contributed by atoms with van der Waals surface area (Å²) in [5.41, 5.74) is 3.31. The molecule has 2 bridgehead atoms. The quantitative estimate of drug-likeness (QED) is 0.605. The minimum absolute atomic E-state index is 0.129. The Morgan fingerprint density at radius 3 is 2.47 bits per heavy atom. The maximum absolute atomic E-state index is 10.5. The van der Waals surface area contributed by atoms with Gasteiger partial charge in [0.25, 0.3) is 0 Å². The van der Waals surface area contributed by atoms with Crippen LogP contribution in [0.3, 0.4) is 0 Å². The van der Waals surface area contributed by atoms with Gasteiger partial charge in [0.15, 0.2) is 0 Å². The van der Waals surface area contributed by atoms with Gasteiger partial charge in [-0.25, -0.2) is 0 Å². The Balaban J connectivity index is 1.31. The molecule has 0 saturated carbocycles. The van der Waals surface area contributed by atoms with E-state index in [1.165, 1.54) is 19.3 Å². The Bertz CT molecular complexity index is 1020. The van der Waals surface area contributed by atoms with Crippen LogP contribution in [0.4, 0.5) is 0 Å². The minimum atomic E-state index is 0.129. The van der Waals surface area contributed by atoms with Crippen molar-refractivity contribution in [2.45, 2.75) is 63.1 Å². The lowest BCUT2D eigenvalue weighted by molar-refractivity contribution is 0.00727. The van der Waals surface area contributed by atoms with E-state index in [9.17, 15) is 5.11 Å². The fraction of sp³-hybridized carbons (Fsp3) is 0.435. The number of rotatable bonds is 4. The monoisotopic (exact) mass is 405 g/mol. The van der Waals surface area contributed by atoms with Gasteiger partial charge in [0, 0.05) is 47.3 Å². The SMILES string of the molecule is C[C@]12CCC[C@](C)(CC(Oc3ccc(-c4ccc(-c5cn[nH]c5)cc4O)nn3)C1)N2. The van der Waals surface area contributed by atoms with Crippen molar-refractivity contribution in [3.8, 4) is 34.0 Å². The van der Waals surface area contributed by atoms with Crippen molar-refractivity contribution in [3.63, 3.8) is 0 Å². The molecule has 4 heterocycles. The highest BCUT2D eigenvalue weighted by Gasteiger charge is 2.46. The van der Waals surface area contributed by atoms with Crippen molar-refractivity contribution in [2.24, 2.45) is 0 Å². The third-order valence-corrected chi connectivity index (χ3v) is 6.45. The van der Waals surface area contributed by atoms with Gasteiger partial charge in [0.05, 0.1) is 11.9 Å². The highest BCUT2D eigenvalue weighted by atomic mass is 16.5. The topological polar surface area (TPSA) is 96.0 Å². The number of phenolic OH excluding ortho intramolecular Hbond substituents is 1. The van der Waals surface area contributed by atoms with Crippen molar-refractivity contribution >= 4 is 0 Å². The number of piperidine rings is 2. The van der Waals surface area contributed by atoms with Gasteiger partial charge in [0.2, 0.25) is 5.88 Å². The molecule has 1 unspecified atom stereocenters. The number of fused-ring (bicyclic) bond motifs is 2. The number of aromatic amines is 1. The minimum Gasteiger partial charge on any atom is -0.507 e. The molecular weight excluding hydrogens is 378 g/mol. The molecule has 7 nitrogen and oxygen atoms in total. The number of phenols is 1. The largest absolute Gasteiger partial charge is 0.507 e. The standard InChI is InChI=1S/C23H27N5O2/c1-22-8-3-9-23(2,28-22)12-17(11-22)30-21-7-6-19(26-27-21)18-5-4-15(10-20(18)29)16-13-24-25-14-16/h4-7,10,13-14,17,28-29H,3,8-9,11-12H2,1-2H3,(H,24,25)/t17?,22-,23+. The van der Waals surface area contributed by atoms with E-state index in [1.54, 1.807) is 18.5 Å². The molecular formula is C23H27N5O2. The molecule has 1 aromatic carbocycles. The molecule has 2 aliphatic heterocycles. The summed E-state index contributed by atoms with van der Waals surface area (Å²) in [4.78, 5) is 0. The van der Waals surface area contributed by atoms with Crippen LogP contribution < -0.4 is 10.1 Å². The van der Waals surface area contributed by atoms with E-state index in [1.807, 2.05) is 24.3 Å². The number of hydrogen-bond acceptors (Lipinski definition) is 6. The van der Waals surface area contributed by atoms with Crippen LogP contribution in [0.5, 0.6) is 11.6 Å². The molecule has 2 fully saturated rings. The first-order chi connectivity index (χ1) is 14.4. The molecule has 0 amide bonds. The molecule has 3 aromatic rings. The van der Waals surface area contributed by atoms with Crippen LogP contribution in [0, 0.1) is 0 Å². The normalized spacial score (nSPS) is 28.3. The van der Waals surface area contributed by atoms with Gasteiger partial charge in [-0.05, 0) is 56.9 Å². The number of hydrogen-bond donors (Lipinski definition) is 3. The van der Waals surface area contributed by atoms with E-state index in [0.717, 1.165) is 24.0 Å². The Labute approximate surface area is 175 Å². The highest BCUT2D eigenvalue weighted by Crippen LogP contribution is 2.41. The molecule has 30 heavy (non-hydrogen) atoms. The molecule has 2 aromatic heterocycles. The van der Waals surface area contributed by atoms with E-state index < -0.39 is 0 Å². The van der Waals surface area contributed by atoms with Crippen LogP contribution in [0.25, 0.3) is 22.4 Å². The number of ether oxygens (including phenoxy) is 1. The summed E-state index contributed by atoms with van der Waals surface area (Å²) in [5, 5.41) is 29.6. The van der Waals surface area contributed by atoms with Crippen molar-refractivity contribution in [1.29, 1.82) is 0 Å². The smallest absolute Gasteiger partial charge is 0.233 e. The third-order valence-electron chi connectivity index (χ3n) is 6.45. The molecule has 0 spiro atoms. The Morgan fingerprint density at radius 1 is 1.03 bits per heavy atom. The zero-order valence-corrected chi connectivity index (χ0v) is 17.4. The predicted octanol–water partition coefficient (Wildman–Crippen LogP) is 4.07. The number of benzene rings is 1. The average molecular weight is 406 g/mol. The fourth-order valence-corrected chi connectivity index (χ4v) is 5.22. The maximum Gasteiger partial charge on any atom is 0.233 e. The van der Waals surface area contributed by atoms with Crippen molar-refractivity contribution in [1.82, 2.24) is 25.7 Å². The lowest BCUT2D eigenvalue weighted by Gasteiger charge is -2.53. The average Bonchev–Trinajstić information content (AvgIpc) is 3.22. The van der Waals surface area contributed by atoms with Gasteiger partial charge >= 0.3 is 0 Å². The van der Waals surface area contributed by atoms with E-state index in [0.29, 0.717) is 17.1 Å². The van der Waals surface area contributed by atoms with Gasteiger partial charge in [0.1, 0.15) is 11.9 Å². The van der Waals surface area contributed by atoms with Crippen LogP contribution in [0.1, 0.15) is 46.0 Å². The first-order valence-electron chi connectivity index (χ1n) is 10.5. The van der Waals surface area contributed by atoms with Gasteiger partial charge in [-0.1, -0.05) is 6.07 Å². The summed E-state index contributed by atoms with van der Waals surface area (Å²) < 4.78 is 6.22. The number of H-pyrrole nitrogens is 1. The van der Waals surface area contributed by atoms with Crippen LogP contribution in [0.15, 0.2) is 42.7 Å². The zero-order chi connectivity index (χ0) is 20.8. The van der Waals surface area contributed by atoms with Gasteiger partial charge in [-0.15, -0.1) is 10.2 Å². The summed E-state index contributed by atoms with van der Waals surface area (Å²) in [5.74, 6) is 0.689. The molecule has 2 saturated heterocycles. The molecule has 0 aliphatic carbocycles. The zero-order valence-electron chi connectivity index (χ0n) is 17.4. The number of nitrogens with zero attached hydrogens (tertiary/aromatic N) is 3.